The number of aliphatic carboxylic acids is 1. The molecule has 0 unspecified atom stereocenters. The normalized spacial score (nSPS) is 10.2. The van der Waals surface area contributed by atoms with E-state index in [9.17, 15) is 18.0 Å². The molecule has 0 fully saturated rings. The molecular weight excluding hydrogens is 275 g/mol. The number of primary amides is 1. The van der Waals surface area contributed by atoms with E-state index in [1.807, 2.05) is 12.1 Å². The van der Waals surface area contributed by atoms with Crippen molar-refractivity contribution in [2.75, 3.05) is 0 Å². The summed E-state index contributed by atoms with van der Waals surface area (Å²) in [6.45, 7) is 0. The zero-order valence-electron chi connectivity index (χ0n) is 8.87. The molecule has 0 aromatic heterocycles. The number of nitrogens with two attached hydrogens (primary N) is 1. The fourth-order valence-electron chi connectivity index (χ4n) is 0.829. The zero-order chi connectivity index (χ0) is 14.3. The molecule has 3 N–H and O–H groups in total. The van der Waals surface area contributed by atoms with Gasteiger partial charge in [-0.2, -0.15) is 13.2 Å². The monoisotopic (exact) mass is 283 g/mol. The zero-order valence-corrected chi connectivity index (χ0v) is 9.63. The summed E-state index contributed by atoms with van der Waals surface area (Å²) in [6, 6.07) is 7.16. The van der Waals surface area contributed by atoms with Crippen LogP contribution in [0.2, 0.25) is 5.02 Å². The highest BCUT2D eigenvalue weighted by atomic mass is 35.5. The molecule has 0 aliphatic rings. The van der Waals surface area contributed by atoms with E-state index in [-0.39, 0.29) is 12.3 Å². The topological polar surface area (TPSA) is 80.4 Å². The number of alkyl halides is 3. The maximum atomic E-state index is 10.6. The van der Waals surface area contributed by atoms with E-state index < -0.39 is 12.1 Å². The molecule has 1 rings (SSSR count). The third-order valence-electron chi connectivity index (χ3n) is 1.57. The summed E-state index contributed by atoms with van der Waals surface area (Å²) in [4.78, 5) is 19.4. The first-order chi connectivity index (χ1) is 8.14. The van der Waals surface area contributed by atoms with E-state index in [0.717, 1.165) is 5.56 Å². The Morgan fingerprint density at radius 2 is 1.72 bits per heavy atom. The predicted octanol–water partition coefficient (Wildman–Crippen LogP) is 2.00. The van der Waals surface area contributed by atoms with Crippen molar-refractivity contribution in [3.63, 3.8) is 0 Å². The summed E-state index contributed by atoms with van der Waals surface area (Å²) in [6.07, 6.45) is -4.88. The Labute approximate surface area is 105 Å². The van der Waals surface area contributed by atoms with E-state index in [4.69, 9.17) is 27.2 Å². The van der Waals surface area contributed by atoms with Crippen LogP contribution in [0.5, 0.6) is 0 Å². The van der Waals surface area contributed by atoms with Gasteiger partial charge in [0, 0.05) is 5.02 Å². The van der Waals surface area contributed by atoms with Crippen molar-refractivity contribution >= 4 is 23.5 Å². The molecule has 0 saturated heterocycles. The number of benzene rings is 1. The Bertz CT molecular complexity index is 435. The lowest BCUT2D eigenvalue weighted by atomic mass is 10.1. The summed E-state index contributed by atoms with van der Waals surface area (Å²) >= 11 is 5.76. The number of carboxylic acid groups (broad SMARTS) is 1. The average Bonchev–Trinajstić information content (AvgIpc) is 2.20. The molecule has 8 heteroatoms. The molecular formula is C10H9ClF3NO3. The fourth-order valence-corrected chi connectivity index (χ4v) is 1.03. The third-order valence-corrected chi connectivity index (χ3v) is 1.93. The van der Waals surface area contributed by atoms with Crippen LogP contribution in [0.25, 0.3) is 0 Å². The number of carboxylic acids is 1. The van der Waals surface area contributed by atoms with Gasteiger partial charge in [0.15, 0.2) is 0 Å². The summed E-state index contributed by atoms with van der Waals surface area (Å²) in [5.74, 6) is -3.12. The molecule has 4 nitrogen and oxygen atoms in total. The van der Waals surface area contributed by atoms with Gasteiger partial charge in [-0.05, 0) is 11.6 Å². The van der Waals surface area contributed by atoms with Crippen LogP contribution in [0.15, 0.2) is 24.3 Å². The molecule has 1 aromatic carbocycles. The molecule has 1 amide bonds. The average molecular weight is 284 g/mol. The summed E-state index contributed by atoms with van der Waals surface area (Å²) < 4.78 is 31.7. The number of carbonyl (C=O) groups is 2. The second-order valence-electron chi connectivity index (χ2n) is 3.04. The number of amides is 1. The second kappa shape index (κ2) is 6.85. The molecule has 0 aliphatic carbocycles. The van der Waals surface area contributed by atoms with Crippen molar-refractivity contribution in [3.8, 4) is 0 Å². The van der Waals surface area contributed by atoms with Crippen molar-refractivity contribution in [2.24, 2.45) is 5.73 Å². The Morgan fingerprint density at radius 3 is 2.06 bits per heavy atom. The number of rotatable bonds is 2. The first-order valence-electron chi connectivity index (χ1n) is 4.46. The standard InChI is InChI=1S/C8H8ClNO.C2HF3O2/c9-7-4-2-1-3-6(7)5-8(10)11;3-2(4,5)1(6)7/h1-4H,5H2,(H2,10,11);(H,6,7). The van der Waals surface area contributed by atoms with Gasteiger partial charge in [0.1, 0.15) is 0 Å². The second-order valence-corrected chi connectivity index (χ2v) is 3.44. The molecule has 0 aliphatic heterocycles. The Balaban J connectivity index is 0.000000360. The highest BCUT2D eigenvalue weighted by molar-refractivity contribution is 6.31. The molecule has 0 radical (unpaired) electrons. The SMILES string of the molecule is NC(=O)Cc1ccccc1Cl.O=C(O)C(F)(F)F. The van der Waals surface area contributed by atoms with Gasteiger partial charge in [0.05, 0.1) is 6.42 Å². The highest BCUT2D eigenvalue weighted by Gasteiger charge is 2.38. The smallest absolute Gasteiger partial charge is 0.475 e. The quantitative estimate of drug-likeness (QED) is 0.871. The van der Waals surface area contributed by atoms with Crippen molar-refractivity contribution < 1.29 is 27.9 Å². The predicted molar refractivity (Wildman–Crippen MR) is 58.0 cm³/mol. The summed E-state index contributed by atoms with van der Waals surface area (Å²) in [7, 11) is 0. The first kappa shape index (κ1) is 16.2. The molecule has 0 heterocycles. The van der Waals surface area contributed by atoms with E-state index in [0.29, 0.717) is 5.02 Å². The van der Waals surface area contributed by atoms with Crippen LogP contribution in [0.1, 0.15) is 5.56 Å². The van der Waals surface area contributed by atoms with Crippen LogP contribution >= 0.6 is 11.6 Å². The lowest BCUT2D eigenvalue weighted by molar-refractivity contribution is -0.192. The Morgan fingerprint density at radius 1 is 1.28 bits per heavy atom. The lowest BCUT2D eigenvalue weighted by Crippen LogP contribution is -2.21. The Kier molecular flexibility index (Phi) is 6.18. The summed E-state index contributed by atoms with van der Waals surface area (Å²) in [5.41, 5.74) is 5.78. The van der Waals surface area contributed by atoms with Crippen LogP contribution in [-0.2, 0) is 16.0 Å². The summed E-state index contributed by atoms with van der Waals surface area (Å²) in [5, 5.41) is 7.71. The molecule has 18 heavy (non-hydrogen) atoms. The number of carbonyl (C=O) groups excluding carboxylic acids is 1. The fraction of sp³-hybridized carbons (Fsp3) is 0.200. The van der Waals surface area contributed by atoms with E-state index in [1.54, 1.807) is 12.1 Å². The third kappa shape index (κ3) is 6.74. The van der Waals surface area contributed by atoms with Gasteiger partial charge in [-0.15, -0.1) is 0 Å². The Hall–Kier alpha value is -1.76. The maximum Gasteiger partial charge on any atom is 0.490 e. The minimum absolute atomic E-state index is 0.208. The van der Waals surface area contributed by atoms with Gasteiger partial charge in [0.2, 0.25) is 5.91 Å². The van der Waals surface area contributed by atoms with Crippen LogP contribution in [0.4, 0.5) is 13.2 Å². The minimum Gasteiger partial charge on any atom is -0.475 e. The molecule has 1 aromatic rings. The van der Waals surface area contributed by atoms with Gasteiger partial charge < -0.3 is 10.8 Å². The molecule has 0 atom stereocenters. The molecule has 100 valence electrons. The van der Waals surface area contributed by atoms with Crippen molar-refractivity contribution in [1.82, 2.24) is 0 Å². The van der Waals surface area contributed by atoms with Gasteiger partial charge >= 0.3 is 12.1 Å². The lowest BCUT2D eigenvalue weighted by Gasteiger charge is -1.98. The highest BCUT2D eigenvalue weighted by Crippen LogP contribution is 2.14. The van der Waals surface area contributed by atoms with Crippen molar-refractivity contribution in [3.05, 3.63) is 34.9 Å². The van der Waals surface area contributed by atoms with Crippen molar-refractivity contribution in [2.45, 2.75) is 12.6 Å². The number of hydrogen-bond acceptors (Lipinski definition) is 2. The van der Waals surface area contributed by atoms with E-state index in [2.05, 4.69) is 0 Å². The largest absolute Gasteiger partial charge is 0.490 e. The van der Waals surface area contributed by atoms with Gasteiger partial charge in [-0.3, -0.25) is 4.79 Å². The van der Waals surface area contributed by atoms with Gasteiger partial charge in [-0.25, -0.2) is 4.79 Å². The van der Waals surface area contributed by atoms with E-state index >= 15 is 0 Å². The van der Waals surface area contributed by atoms with Crippen molar-refractivity contribution in [1.29, 1.82) is 0 Å². The minimum atomic E-state index is -5.08. The van der Waals surface area contributed by atoms with Crippen LogP contribution < -0.4 is 5.73 Å². The maximum absolute atomic E-state index is 10.6. The molecule has 0 spiro atoms. The van der Waals surface area contributed by atoms with Crippen LogP contribution in [-0.4, -0.2) is 23.2 Å². The van der Waals surface area contributed by atoms with Gasteiger partial charge in [-0.1, -0.05) is 29.8 Å². The van der Waals surface area contributed by atoms with Gasteiger partial charge in [0.25, 0.3) is 0 Å². The molecule has 0 bridgehead atoms. The van der Waals surface area contributed by atoms with E-state index in [1.165, 1.54) is 0 Å². The number of halogens is 4. The van der Waals surface area contributed by atoms with Crippen LogP contribution in [0, 0.1) is 0 Å². The molecule has 0 saturated carbocycles. The number of hydrogen-bond donors (Lipinski definition) is 2. The van der Waals surface area contributed by atoms with Crippen LogP contribution in [0.3, 0.4) is 0 Å². The first-order valence-corrected chi connectivity index (χ1v) is 4.84.